The van der Waals surface area contributed by atoms with E-state index in [1.807, 2.05) is 38.2 Å². The molecule has 0 atom stereocenters. The zero-order chi connectivity index (χ0) is 16.8. The van der Waals surface area contributed by atoms with Gasteiger partial charge in [-0.1, -0.05) is 47.5 Å². The standard InChI is InChI=1S/C17H17ClN2O2S/c1-12-8-10-13(11-9-12)23(21,22)20(3)17-16(18)14-6-4-5-7-15(14)19(17)2/h4-11H,1-3H3. The highest BCUT2D eigenvalue weighted by molar-refractivity contribution is 7.92. The fraction of sp³-hybridized carbons (Fsp3) is 0.176. The second-order valence-corrected chi connectivity index (χ2v) is 7.85. The smallest absolute Gasteiger partial charge is 0.265 e. The summed E-state index contributed by atoms with van der Waals surface area (Å²) in [6.07, 6.45) is 0. The maximum atomic E-state index is 12.9. The van der Waals surface area contributed by atoms with Crippen molar-refractivity contribution in [2.45, 2.75) is 11.8 Å². The summed E-state index contributed by atoms with van der Waals surface area (Å²) in [4.78, 5) is 0.243. The first kappa shape index (κ1) is 15.9. The second-order valence-electron chi connectivity index (χ2n) is 5.50. The first-order valence-electron chi connectivity index (χ1n) is 7.12. The molecule has 0 saturated heterocycles. The number of aromatic nitrogens is 1. The highest BCUT2D eigenvalue weighted by Crippen LogP contribution is 2.37. The van der Waals surface area contributed by atoms with Crippen LogP contribution >= 0.6 is 11.6 Å². The molecular weight excluding hydrogens is 332 g/mol. The zero-order valence-electron chi connectivity index (χ0n) is 13.1. The maximum Gasteiger partial charge on any atom is 0.265 e. The molecule has 0 radical (unpaired) electrons. The van der Waals surface area contributed by atoms with Crippen LogP contribution < -0.4 is 4.31 Å². The van der Waals surface area contributed by atoms with Gasteiger partial charge in [0.05, 0.1) is 15.4 Å². The third-order valence-corrected chi connectivity index (χ3v) is 6.13. The molecule has 6 heteroatoms. The van der Waals surface area contributed by atoms with Crippen molar-refractivity contribution in [3.8, 4) is 0 Å². The lowest BCUT2D eigenvalue weighted by atomic mass is 10.2. The van der Waals surface area contributed by atoms with Gasteiger partial charge >= 0.3 is 0 Å². The molecule has 2 aromatic carbocycles. The Hall–Kier alpha value is -1.98. The Morgan fingerprint density at radius 1 is 1.04 bits per heavy atom. The van der Waals surface area contributed by atoms with E-state index >= 15 is 0 Å². The first-order chi connectivity index (χ1) is 10.8. The summed E-state index contributed by atoms with van der Waals surface area (Å²) < 4.78 is 28.8. The normalized spacial score (nSPS) is 11.8. The largest absolute Gasteiger partial charge is 0.328 e. The number of hydrogen-bond acceptors (Lipinski definition) is 2. The van der Waals surface area contributed by atoms with E-state index in [0.29, 0.717) is 10.8 Å². The lowest BCUT2D eigenvalue weighted by molar-refractivity contribution is 0.593. The van der Waals surface area contributed by atoms with E-state index in [1.165, 1.54) is 11.4 Å². The fourth-order valence-corrected chi connectivity index (χ4v) is 4.37. The van der Waals surface area contributed by atoms with Crippen LogP contribution in [0.5, 0.6) is 0 Å². The number of aryl methyl sites for hydroxylation is 2. The first-order valence-corrected chi connectivity index (χ1v) is 8.94. The number of nitrogens with zero attached hydrogens (tertiary/aromatic N) is 2. The van der Waals surface area contributed by atoms with Crippen molar-refractivity contribution in [2.75, 3.05) is 11.4 Å². The molecule has 3 aromatic rings. The quantitative estimate of drug-likeness (QED) is 0.718. The van der Waals surface area contributed by atoms with Crippen LogP contribution in [0.25, 0.3) is 10.9 Å². The Kier molecular flexibility index (Phi) is 3.86. The number of halogens is 1. The molecule has 0 N–H and O–H groups in total. The van der Waals surface area contributed by atoms with Gasteiger partial charge in [-0.05, 0) is 25.1 Å². The lowest BCUT2D eigenvalue weighted by Crippen LogP contribution is -2.28. The molecule has 0 unspecified atom stereocenters. The third-order valence-electron chi connectivity index (χ3n) is 3.99. The van der Waals surface area contributed by atoms with Crippen LogP contribution in [0.4, 0.5) is 5.82 Å². The van der Waals surface area contributed by atoms with Crippen molar-refractivity contribution in [2.24, 2.45) is 7.05 Å². The summed E-state index contributed by atoms with van der Waals surface area (Å²) in [5.74, 6) is 0.452. The van der Waals surface area contributed by atoms with Crippen LogP contribution in [0.2, 0.25) is 5.02 Å². The molecule has 120 valence electrons. The van der Waals surface area contributed by atoms with Crippen molar-refractivity contribution in [3.63, 3.8) is 0 Å². The molecule has 0 spiro atoms. The molecule has 0 fully saturated rings. The van der Waals surface area contributed by atoms with Gasteiger partial charge in [0.2, 0.25) is 0 Å². The van der Waals surface area contributed by atoms with Gasteiger partial charge in [-0.2, -0.15) is 0 Å². The van der Waals surface area contributed by atoms with Gasteiger partial charge in [-0.25, -0.2) is 8.42 Å². The lowest BCUT2D eigenvalue weighted by Gasteiger charge is -2.20. The summed E-state index contributed by atoms with van der Waals surface area (Å²) >= 11 is 6.45. The SMILES string of the molecule is Cc1ccc(S(=O)(=O)N(C)c2c(Cl)c3ccccc3n2C)cc1. The third kappa shape index (κ3) is 2.50. The molecule has 1 heterocycles. The van der Waals surface area contributed by atoms with Crippen LogP contribution in [0, 0.1) is 6.92 Å². The van der Waals surface area contributed by atoms with E-state index in [2.05, 4.69) is 0 Å². The summed E-state index contributed by atoms with van der Waals surface area (Å²) in [6.45, 7) is 1.92. The van der Waals surface area contributed by atoms with Gasteiger partial charge in [0.15, 0.2) is 0 Å². The van der Waals surface area contributed by atoms with E-state index in [9.17, 15) is 8.42 Å². The molecule has 0 aliphatic rings. The van der Waals surface area contributed by atoms with Crippen LogP contribution in [0.15, 0.2) is 53.4 Å². The Balaban J connectivity index is 2.17. The van der Waals surface area contributed by atoms with Gasteiger partial charge in [0.25, 0.3) is 10.0 Å². The van der Waals surface area contributed by atoms with Gasteiger partial charge in [0.1, 0.15) is 5.82 Å². The van der Waals surface area contributed by atoms with E-state index in [4.69, 9.17) is 11.6 Å². The maximum absolute atomic E-state index is 12.9. The Morgan fingerprint density at radius 2 is 1.65 bits per heavy atom. The second kappa shape index (κ2) is 5.58. The van der Waals surface area contributed by atoms with E-state index in [1.54, 1.807) is 28.8 Å². The Labute approximate surface area is 141 Å². The number of benzene rings is 2. The molecule has 0 aliphatic carbocycles. The minimum Gasteiger partial charge on any atom is -0.328 e. The van der Waals surface area contributed by atoms with Crippen molar-refractivity contribution in [1.82, 2.24) is 4.57 Å². The number of sulfonamides is 1. The van der Waals surface area contributed by atoms with E-state index in [0.717, 1.165) is 16.5 Å². The molecule has 1 aromatic heterocycles. The molecule has 23 heavy (non-hydrogen) atoms. The van der Waals surface area contributed by atoms with Gasteiger partial charge in [-0.15, -0.1) is 0 Å². The van der Waals surface area contributed by atoms with Crippen molar-refractivity contribution in [1.29, 1.82) is 0 Å². The fourth-order valence-electron chi connectivity index (χ4n) is 2.67. The number of hydrogen-bond donors (Lipinski definition) is 0. The predicted octanol–water partition coefficient (Wildman–Crippen LogP) is 3.97. The molecule has 3 rings (SSSR count). The Bertz CT molecular complexity index is 937. The zero-order valence-corrected chi connectivity index (χ0v) is 14.7. The highest BCUT2D eigenvalue weighted by Gasteiger charge is 2.27. The van der Waals surface area contributed by atoms with Crippen molar-refractivity contribution in [3.05, 3.63) is 59.1 Å². The summed E-state index contributed by atoms with van der Waals surface area (Å²) in [7, 11) is -0.340. The van der Waals surface area contributed by atoms with Gasteiger partial charge in [0, 0.05) is 19.5 Å². The summed E-state index contributed by atoms with van der Waals surface area (Å²) in [5.41, 5.74) is 1.90. The molecule has 0 bridgehead atoms. The molecule has 4 nitrogen and oxygen atoms in total. The van der Waals surface area contributed by atoms with Crippen molar-refractivity contribution >= 4 is 38.3 Å². The number of fused-ring (bicyclic) bond motifs is 1. The molecule has 0 saturated carbocycles. The monoisotopic (exact) mass is 348 g/mol. The molecule has 0 amide bonds. The van der Waals surface area contributed by atoms with E-state index < -0.39 is 10.0 Å². The van der Waals surface area contributed by atoms with E-state index in [-0.39, 0.29) is 4.90 Å². The average Bonchev–Trinajstić information content (AvgIpc) is 2.79. The van der Waals surface area contributed by atoms with Crippen LogP contribution in [0.1, 0.15) is 5.56 Å². The number of rotatable bonds is 3. The number of anilines is 1. The van der Waals surface area contributed by atoms with Crippen LogP contribution in [0.3, 0.4) is 0 Å². The summed E-state index contributed by atoms with van der Waals surface area (Å²) in [6, 6.07) is 14.4. The Morgan fingerprint density at radius 3 is 2.26 bits per heavy atom. The van der Waals surface area contributed by atoms with Gasteiger partial charge in [-0.3, -0.25) is 4.31 Å². The predicted molar refractivity (Wildman–Crippen MR) is 94.7 cm³/mol. The van der Waals surface area contributed by atoms with Crippen LogP contribution in [-0.4, -0.2) is 20.0 Å². The highest BCUT2D eigenvalue weighted by atomic mass is 35.5. The molecule has 0 aliphatic heterocycles. The number of para-hydroxylation sites is 1. The van der Waals surface area contributed by atoms with Crippen molar-refractivity contribution < 1.29 is 8.42 Å². The minimum absolute atomic E-state index is 0.243. The minimum atomic E-state index is -3.67. The molecular formula is C17H17ClN2O2S. The van der Waals surface area contributed by atoms with Gasteiger partial charge < -0.3 is 4.57 Å². The van der Waals surface area contributed by atoms with Crippen LogP contribution in [-0.2, 0) is 17.1 Å². The topological polar surface area (TPSA) is 42.3 Å². The average molecular weight is 349 g/mol. The summed E-state index contributed by atoms with van der Waals surface area (Å²) in [5, 5.41) is 1.26.